The summed E-state index contributed by atoms with van der Waals surface area (Å²) in [5.41, 5.74) is 0.383. The van der Waals surface area contributed by atoms with E-state index in [1.807, 2.05) is 0 Å². The van der Waals surface area contributed by atoms with E-state index in [0.717, 1.165) is 12.5 Å². The van der Waals surface area contributed by atoms with Gasteiger partial charge in [0.1, 0.15) is 5.02 Å². The van der Waals surface area contributed by atoms with Crippen molar-refractivity contribution in [2.45, 2.75) is 12.8 Å². The van der Waals surface area contributed by atoms with Crippen LogP contribution in [0.5, 0.6) is 0 Å². The molecule has 1 aromatic rings. The molecule has 5 heteroatoms. The zero-order chi connectivity index (χ0) is 10.1. The normalized spacial score (nSPS) is 15.6. The summed E-state index contributed by atoms with van der Waals surface area (Å²) >= 11 is 5.87. The van der Waals surface area contributed by atoms with Crippen molar-refractivity contribution in [1.82, 2.24) is 9.78 Å². The second-order valence-corrected chi connectivity index (χ2v) is 4.00. The minimum atomic E-state index is -0.257. The fraction of sp³-hybridized carbons (Fsp3) is 0.556. The minimum Gasteiger partial charge on any atom is -0.382 e. The van der Waals surface area contributed by atoms with Crippen molar-refractivity contribution in [3.05, 3.63) is 21.6 Å². The molecule has 0 aromatic carbocycles. The van der Waals surface area contributed by atoms with Crippen LogP contribution >= 0.6 is 11.6 Å². The molecule has 1 aliphatic rings. The smallest absolute Gasteiger partial charge is 0.287 e. The fourth-order valence-corrected chi connectivity index (χ4v) is 1.45. The first kappa shape index (κ1) is 9.52. The maximum atomic E-state index is 11.4. The molecule has 1 N–H and O–H groups in total. The van der Waals surface area contributed by atoms with Gasteiger partial charge in [-0.3, -0.25) is 4.79 Å². The van der Waals surface area contributed by atoms with Crippen LogP contribution in [0.15, 0.2) is 11.0 Å². The summed E-state index contributed by atoms with van der Waals surface area (Å²) in [6.45, 7) is 0.883. The SMILES string of the molecule is Cn1ncc(NCC2CC2)c(Cl)c1=O. The molecular weight excluding hydrogens is 202 g/mol. The first-order valence-corrected chi connectivity index (χ1v) is 5.02. The predicted octanol–water partition coefficient (Wildman–Crippen LogP) is 1.26. The molecule has 0 amide bonds. The van der Waals surface area contributed by atoms with Gasteiger partial charge in [0.2, 0.25) is 0 Å². The Morgan fingerprint density at radius 1 is 1.71 bits per heavy atom. The van der Waals surface area contributed by atoms with Gasteiger partial charge in [-0.1, -0.05) is 11.6 Å². The number of anilines is 1. The van der Waals surface area contributed by atoms with Crippen LogP contribution in [-0.2, 0) is 7.05 Å². The van der Waals surface area contributed by atoms with Gasteiger partial charge < -0.3 is 5.32 Å². The van der Waals surface area contributed by atoms with Crippen LogP contribution in [-0.4, -0.2) is 16.3 Å². The third kappa shape index (κ3) is 1.90. The first-order valence-electron chi connectivity index (χ1n) is 4.64. The maximum Gasteiger partial charge on any atom is 0.287 e. The number of hydrogen-bond donors (Lipinski definition) is 1. The second-order valence-electron chi connectivity index (χ2n) is 3.63. The molecule has 14 heavy (non-hydrogen) atoms. The Kier molecular flexibility index (Phi) is 2.46. The van der Waals surface area contributed by atoms with Crippen molar-refractivity contribution in [2.75, 3.05) is 11.9 Å². The number of rotatable bonds is 3. The van der Waals surface area contributed by atoms with Crippen LogP contribution in [0.3, 0.4) is 0 Å². The monoisotopic (exact) mass is 213 g/mol. The quantitative estimate of drug-likeness (QED) is 0.822. The van der Waals surface area contributed by atoms with Gasteiger partial charge in [0, 0.05) is 13.6 Å². The lowest BCUT2D eigenvalue weighted by Crippen LogP contribution is -2.21. The van der Waals surface area contributed by atoms with Gasteiger partial charge in [-0.15, -0.1) is 0 Å². The average Bonchev–Trinajstić information content (AvgIpc) is 2.97. The summed E-state index contributed by atoms with van der Waals surface area (Å²) in [6.07, 6.45) is 4.12. The molecule has 0 bridgehead atoms. The van der Waals surface area contributed by atoms with Gasteiger partial charge >= 0.3 is 0 Å². The van der Waals surface area contributed by atoms with Gasteiger partial charge in [-0.2, -0.15) is 5.10 Å². The van der Waals surface area contributed by atoms with Crippen molar-refractivity contribution >= 4 is 17.3 Å². The van der Waals surface area contributed by atoms with Crippen molar-refractivity contribution in [3.8, 4) is 0 Å². The Hall–Kier alpha value is -1.03. The molecule has 76 valence electrons. The highest BCUT2D eigenvalue weighted by molar-refractivity contribution is 6.32. The first-order chi connectivity index (χ1) is 6.68. The molecule has 1 aliphatic carbocycles. The summed E-state index contributed by atoms with van der Waals surface area (Å²) in [7, 11) is 1.58. The molecule has 1 aromatic heterocycles. The van der Waals surface area contributed by atoms with E-state index in [0.29, 0.717) is 5.69 Å². The molecule has 0 spiro atoms. The zero-order valence-electron chi connectivity index (χ0n) is 7.96. The van der Waals surface area contributed by atoms with E-state index in [2.05, 4.69) is 10.4 Å². The molecule has 2 rings (SSSR count). The summed E-state index contributed by atoms with van der Waals surface area (Å²) < 4.78 is 1.23. The van der Waals surface area contributed by atoms with E-state index < -0.39 is 0 Å². The number of hydrogen-bond acceptors (Lipinski definition) is 3. The number of aromatic nitrogens is 2. The summed E-state index contributed by atoms with van der Waals surface area (Å²) in [5, 5.41) is 7.26. The van der Waals surface area contributed by atoms with Crippen LogP contribution in [0.2, 0.25) is 5.02 Å². The third-order valence-corrected chi connectivity index (χ3v) is 2.72. The van der Waals surface area contributed by atoms with Gasteiger partial charge in [-0.05, 0) is 18.8 Å². The van der Waals surface area contributed by atoms with Gasteiger partial charge in [0.05, 0.1) is 11.9 Å². The van der Waals surface area contributed by atoms with E-state index >= 15 is 0 Å². The van der Waals surface area contributed by atoms with Crippen molar-refractivity contribution in [3.63, 3.8) is 0 Å². The van der Waals surface area contributed by atoms with Crippen molar-refractivity contribution in [1.29, 1.82) is 0 Å². The Morgan fingerprint density at radius 2 is 2.43 bits per heavy atom. The summed E-state index contributed by atoms with van der Waals surface area (Å²) in [6, 6.07) is 0. The lowest BCUT2D eigenvalue weighted by Gasteiger charge is -2.06. The number of nitrogens with zero attached hydrogens (tertiary/aromatic N) is 2. The molecule has 0 atom stereocenters. The molecule has 0 unspecified atom stereocenters. The predicted molar refractivity (Wildman–Crippen MR) is 55.7 cm³/mol. The van der Waals surface area contributed by atoms with E-state index in [1.165, 1.54) is 17.5 Å². The second kappa shape index (κ2) is 3.61. The van der Waals surface area contributed by atoms with Crippen LogP contribution in [0.4, 0.5) is 5.69 Å². The lowest BCUT2D eigenvalue weighted by atomic mass is 10.4. The van der Waals surface area contributed by atoms with E-state index in [-0.39, 0.29) is 10.6 Å². The highest BCUT2D eigenvalue weighted by Crippen LogP contribution is 2.29. The molecular formula is C9H12ClN3O. The standard InChI is InChI=1S/C9H12ClN3O/c1-13-9(14)8(10)7(5-12-13)11-4-6-2-3-6/h5-6,11H,2-4H2,1H3. The van der Waals surface area contributed by atoms with Crippen molar-refractivity contribution < 1.29 is 0 Å². The number of nitrogens with one attached hydrogen (secondary N) is 1. The maximum absolute atomic E-state index is 11.4. The molecule has 1 saturated carbocycles. The largest absolute Gasteiger partial charge is 0.382 e. The topological polar surface area (TPSA) is 46.9 Å². The highest BCUT2D eigenvalue weighted by atomic mass is 35.5. The van der Waals surface area contributed by atoms with Crippen LogP contribution < -0.4 is 10.9 Å². The minimum absolute atomic E-state index is 0.225. The van der Waals surface area contributed by atoms with Crippen LogP contribution in [0.1, 0.15) is 12.8 Å². The molecule has 1 fully saturated rings. The van der Waals surface area contributed by atoms with Crippen LogP contribution in [0, 0.1) is 5.92 Å². The van der Waals surface area contributed by atoms with Gasteiger partial charge in [-0.25, -0.2) is 4.68 Å². The Morgan fingerprint density at radius 3 is 3.07 bits per heavy atom. The molecule has 0 radical (unpaired) electrons. The highest BCUT2D eigenvalue weighted by Gasteiger charge is 2.21. The molecule has 1 heterocycles. The zero-order valence-corrected chi connectivity index (χ0v) is 8.71. The summed E-state index contributed by atoms with van der Waals surface area (Å²) in [5.74, 6) is 0.745. The van der Waals surface area contributed by atoms with E-state index in [4.69, 9.17) is 11.6 Å². The van der Waals surface area contributed by atoms with E-state index in [9.17, 15) is 4.79 Å². The molecule has 0 saturated heterocycles. The Balaban J connectivity index is 2.16. The van der Waals surface area contributed by atoms with E-state index in [1.54, 1.807) is 13.2 Å². The van der Waals surface area contributed by atoms with Crippen LogP contribution in [0.25, 0.3) is 0 Å². The molecule has 0 aliphatic heterocycles. The average molecular weight is 214 g/mol. The third-order valence-electron chi connectivity index (χ3n) is 2.36. The van der Waals surface area contributed by atoms with Crippen molar-refractivity contribution in [2.24, 2.45) is 13.0 Å². The fourth-order valence-electron chi connectivity index (χ4n) is 1.21. The van der Waals surface area contributed by atoms with Gasteiger partial charge in [0.25, 0.3) is 5.56 Å². The number of aryl methyl sites for hydroxylation is 1. The summed E-state index contributed by atoms with van der Waals surface area (Å²) in [4.78, 5) is 11.4. The Labute approximate surface area is 86.9 Å². The lowest BCUT2D eigenvalue weighted by molar-refractivity contribution is 0.707. The number of halogens is 1. The Bertz CT molecular complexity index is 398. The molecule has 4 nitrogen and oxygen atoms in total. The van der Waals surface area contributed by atoms with Gasteiger partial charge in [0.15, 0.2) is 0 Å².